The van der Waals surface area contributed by atoms with E-state index in [1.54, 1.807) is 4.90 Å². The summed E-state index contributed by atoms with van der Waals surface area (Å²) in [5.41, 5.74) is -0.290. The average Bonchev–Trinajstić information content (AvgIpc) is 2.66. The van der Waals surface area contributed by atoms with Crippen molar-refractivity contribution in [1.82, 2.24) is 9.80 Å². The fourth-order valence-electron chi connectivity index (χ4n) is 2.36. The van der Waals surface area contributed by atoms with Crippen LogP contribution in [0.2, 0.25) is 0 Å². The normalized spacial score (nSPS) is 16.6. The fourth-order valence-corrected chi connectivity index (χ4v) is 2.36. The van der Waals surface area contributed by atoms with E-state index in [0.29, 0.717) is 32.6 Å². The van der Waals surface area contributed by atoms with E-state index in [-0.39, 0.29) is 12.1 Å². The number of halogens is 2. The average molecular weight is 298 g/mol. The van der Waals surface area contributed by atoms with E-state index in [4.69, 9.17) is 5.11 Å². The van der Waals surface area contributed by atoms with Crippen LogP contribution in [0.3, 0.4) is 0 Å². The molecule has 0 aliphatic carbocycles. The van der Waals surface area contributed by atoms with E-state index in [9.17, 15) is 18.4 Å². The number of carbonyl (C=O) groups excluding carboxylic acids is 1. The maximum absolute atomic E-state index is 13.6. The lowest BCUT2D eigenvalue weighted by Gasteiger charge is -2.21. The predicted molar refractivity (Wildman–Crippen MR) is 71.0 cm³/mol. The van der Waals surface area contributed by atoms with Crippen LogP contribution in [0.25, 0.3) is 0 Å². The third-order valence-electron chi connectivity index (χ3n) is 3.42. The van der Waals surface area contributed by atoms with E-state index in [0.717, 1.165) is 6.07 Å². The molecule has 1 aliphatic rings. The highest BCUT2D eigenvalue weighted by atomic mass is 19.2. The molecule has 5 nitrogen and oxygen atoms in total. The second-order valence-corrected chi connectivity index (χ2v) is 4.92. The number of hydrogen-bond donors (Lipinski definition) is 1. The number of hydrogen-bond acceptors (Lipinski definition) is 3. The molecule has 1 fully saturated rings. The molecule has 21 heavy (non-hydrogen) atoms. The van der Waals surface area contributed by atoms with Gasteiger partial charge in [0.2, 0.25) is 0 Å². The van der Waals surface area contributed by atoms with Crippen molar-refractivity contribution in [2.45, 2.75) is 6.42 Å². The molecule has 0 aromatic heterocycles. The van der Waals surface area contributed by atoms with Gasteiger partial charge in [-0.1, -0.05) is 6.07 Å². The van der Waals surface area contributed by atoms with Gasteiger partial charge in [-0.25, -0.2) is 8.78 Å². The molecule has 0 atom stereocenters. The Hall–Kier alpha value is -2.02. The lowest BCUT2D eigenvalue weighted by Crippen LogP contribution is -2.37. The van der Waals surface area contributed by atoms with Gasteiger partial charge in [0, 0.05) is 26.2 Å². The van der Waals surface area contributed by atoms with Gasteiger partial charge < -0.3 is 10.0 Å². The smallest absolute Gasteiger partial charge is 0.317 e. The van der Waals surface area contributed by atoms with Gasteiger partial charge >= 0.3 is 5.97 Å². The second kappa shape index (κ2) is 6.62. The molecule has 1 aromatic carbocycles. The van der Waals surface area contributed by atoms with Gasteiger partial charge in [-0.05, 0) is 18.6 Å². The van der Waals surface area contributed by atoms with Gasteiger partial charge in [0.1, 0.15) is 0 Å². The Labute approximate surface area is 120 Å². The van der Waals surface area contributed by atoms with Crippen LogP contribution in [-0.2, 0) is 4.79 Å². The van der Waals surface area contributed by atoms with E-state index >= 15 is 0 Å². The molecule has 0 unspecified atom stereocenters. The first-order valence-corrected chi connectivity index (χ1v) is 6.66. The van der Waals surface area contributed by atoms with Crippen LogP contribution in [0.5, 0.6) is 0 Å². The minimum Gasteiger partial charge on any atom is -0.480 e. The Morgan fingerprint density at radius 3 is 2.62 bits per heavy atom. The molecule has 1 N–H and O–H groups in total. The van der Waals surface area contributed by atoms with E-state index < -0.39 is 23.5 Å². The third kappa shape index (κ3) is 3.75. The van der Waals surface area contributed by atoms with Crippen LogP contribution in [-0.4, -0.2) is 59.5 Å². The zero-order valence-corrected chi connectivity index (χ0v) is 11.4. The van der Waals surface area contributed by atoms with E-state index in [1.165, 1.54) is 17.0 Å². The van der Waals surface area contributed by atoms with Crippen molar-refractivity contribution in [3.63, 3.8) is 0 Å². The van der Waals surface area contributed by atoms with Gasteiger partial charge in [0.25, 0.3) is 5.91 Å². The second-order valence-electron chi connectivity index (χ2n) is 4.92. The first-order valence-electron chi connectivity index (χ1n) is 6.66. The van der Waals surface area contributed by atoms with E-state index in [1.807, 2.05) is 0 Å². The Kier molecular flexibility index (Phi) is 4.85. The summed E-state index contributed by atoms with van der Waals surface area (Å²) in [6, 6.07) is 3.50. The zero-order chi connectivity index (χ0) is 15.4. The lowest BCUT2D eigenvalue weighted by molar-refractivity contribution is -0.138. The van der Waals surface area contributed by atoms with Gasteiger partial charge in [-0.3, -0.25) is 14.5 Å². The van der Waals surface area contributed by atoms with Crippen molar-refractivity contribution in [3.8, 4) is 0 Å². The number of rotatable bonds is 3. The first kappa shape index (κ1) is 15.4. The molecule has 1 saturated heterocycles. The lowest BCUT2D eigenvalue weighted by atomic mass is 10.1. The van der Waals surface area contributed by atoms with Crippen LogP contribution in [0.4, 0.5) is 8.78 Å². The van der Waals surface area contributed by atoms with Crippen LogP contribution < -0.4 is 0 Å². The molecule has 2 rings (SSSR count). The summed E-state index contributed by atoms with van der Waals surface area (Å²) in [7, 11) is 0. The van der Waals surface area contributed by atoms with Crippen molar-refractivity contribution in [3.05, 3.63) is 35.4 Å². The molecular weight excluding hydrogens is 282 g/mol. The molecule has 1 aliphatic heterocycles. The number of aliphatic carboxylic acids is 1. The molecule has 0 saturated carbocycles. The zero-order valence-electron chi connectivity index (χ0n) is 11.4. The molecule has 7 heteroatoms. The summed E-state index contributed by atoms with van der Waals surface area (Å²) in [5.74, 6) is -3.69. The highest BCUT2D eigenvalue weighted by Crippen LogP contribution is 2.15. The summed E-state index contributed by atoms with van der Waals surface area (Å²) < 4.78 is 26.8. The Morgan fingerprint density at radius 1 is 1.14 bits per heavy atom. The molecule has 1 aromatic rings. The van der Waals surface area contributed by atoms with E-state index in [2.05, 4.69) is 0 Å². The highest BCUT2D eigenvalue weighted by molar-refractivity contribution is 5.94. The van der Waals surface area contributed by atoms with Crippen molar-refractivity contribution >= 4 is 11.9 Å². The summed E-state index contributed by atoms with van der Waals surface area (Å²) in [4.78, 5) is 26.1. The SMILES string of the molecule is O=C(O)CN1CCCN(C(=O)c2cccc(F)c2F)CC1. The number of amides is 1. The molecule has 0 bridgehead atoms. The number of carboxylic acid groups (broad SMARTS) is 1. The molecule has 0 radical (unpaired) electrons. The van der Waals surface area contributed by atoms with Gasteiger partial charge in [0.05, 0.1) is 12.1 Å². The quantitative estimate of drug-likeness (QED) is 0.911. The summed E-state index contributed by atoms with van der Waals surface area (Å²) >= 11 is 0. The van der Waals surface area contributed by atoms with Crippen molar-refractivity contribution < 1.29 is 23.5 Å². The fraction of sp³-hybridized carbons (Fsp3) is 0.429. The monoisotopic (exact) mass is 298 g/mol. The van der Waals surface area contributed by atoms with Crippen molar-refractivity contribution in [2.24, 2.45) is 0 Å². The number of carbonyl (C=O) groups is 2. The molecule has 1 amide bonds. The molecule has 0 spiro atoms. The minimum atomic E-state index is -1.14. The summed E-state index contributed by atoms with van der Waals surface area (Å²) in [5, 5.41) is 8.76. The van der Waals surface area contributed by atoms with Gasteiger partial charge in [0.15, 0.2) is 11.6 Å². The Bertz CT molecular complexity index is 551. The van der Waals surface area contributed by atoms with Gasteiger partial charge in [-0.15, -0.1) is 0 Å². The summed E-state index contributed by atoms with van der Waals surface area (Å²) in [6.45, 7) is 1.56. The van der Waals surface area contributed by atoms with Crippen LogP contribution in [0, 0.1) is 11.6 Å². The van der Waals surface area contributed by atoms with Crippen molar-refractivity contribution in [2.75, 3.05) is 32.7 Å². The van der Waals surface area contributed by atoms with Crippen LogP contribution in [0.1, 0.15) is 16.8 Å². The molecular formula is C14H16F2N2O3. The molecule has 114 valence electrons. The van der Waals surface area contributed by atoms with Crippen LogP contribution >= 0.6 is 0 Å². The largest absolute Gasteiger partial charge is 0.480 e. The summed E-state index contributed by atoms with van der Waals surface area (Å²) in [6.07, 6.45) is 0.593. The maximum Gasteiger partial charge on any atom is 0.317 e. The van der Waals surface area contributed by atoms with Gasteiger partial charge in [-0.2, -0.15) is 0 Å². The Morgan fingerprint density at radius 2 is 1.90 bits per heavy atom. The maximum atomic E-state index is 13.6. The number of carboxylic acids is 1. The minimum absolute atomic E-state index is 0.0869. The topological polar surface area (TPSA) is 60.9 Å². The third-order valence-corrected chi connectivity index (χ3v) is 3.42. The molecule has 1 heterocycles. The Balaban J connectivity index is 2.06. The predicted octanol–water partition coefficient (Wildman–Crippen LogP) is 1.20. The highest BCUT2D eigenvalue weighted by Gasteiger charge is 2.24. The number of nitrogens with zero attached hydrogens (tertiary/aromatic N) is 2. The first-order chi connectivity index (χ1) is 9.99. The van der Waals surface area contributed by atoms with Crippen molar-refractivity contribution in [1.29, 1.82) is 0 Å². The number of benzene rings is 1. The van der Waals surface area contributed by atoms with Crippen LogP contribution in [0.15, 0.2) is 18.2 Å². The standard InChI is InChI=1S/C14H16F2N2O3/c15-11-4-1-3-10(13(11)16)14(21)18-6-2-5-17(7-8-18)9-12(19)20/h1,3-4H,2,5-9H2,(H,19,20).